The van der Waals surface area contributed by atoms with Gasteiger partial charge in [0.15, 0.2) is 0 Å². The highest BCUT2D eigenvalue weighted by Crippen LogP contribution is 2.25. The van der Waals surface area contributed by atoms with E-state index in [9.17, 15) is 9.18 Å². The molecule has 1 unspecified atom stereocenters. The van der Waals surface area contributed by atoms with Gasteiger partial charge in [-0.15, -0.1) is 0 Å². The summed E-state index contributed by atoms with van der Waals surface area (Å²) in [6, 6.07) is 6.28. The fourth-order valence-electron chi connectivity index (χ4n) is 2.58. The molecule has 22 heavy (non-hydrogen) atoms. The zero-order chi connectivity index (χ0) is 15.5. The van der Waals surface area contributed by atoms with Crippen LogP contribution in [0.2, 0.25) is 0 Å². The van der Waals surface area contributed by atoms with Gasteiger partial charge in [-0.3, -0.25) is 4.79 Å². The molecule has 0 radical (unpaired) electrons. The molecular formula is C15H16FN3O2S. The molecule has 0 saturated carbocycles. The molecule has 1 N–H and O–H groups in total. The van der Waals surface area contributed by atoms with Crippen LogP contribution >= 0.6 is 11.5 Å². The summed E-state index contributed by atoms with van der Waals surface area (Å²) in [5.41, 5.74) is 0.952. The monoisotopic (exact) mass is 321 g/mol. The van der Waals surface area contributed by atoms with E-state index in [-0.39, 0.29) is 11.7 Å². The molecule has 5 nitrogen and oxygen atoms in total. The smallest absolute Gasteiger partial charge is 0.308 e. The number of piperidine rings is 1. The van der Waals surface area contributed by atoms with Crippen molar-refractivity contribution < 1.29 is 14.3 Å². The van der Waals surface area contributed by atoms with Crippen molar-refractivity contribution in [2.45, 2.75) is 19.3 Å². The van der Waals surface area contributed by atoms with E-state index in [2.05, 4.69) is 9.36 Å². The average molecular weight is 321 g/mol. The quantitative estimate of drug-likeness (QED) is 0.937. The Morgan fingerprint density at radius 1 is 1.41 bits per heavy atom. The van der Waals surface area contributed by atoms with Crippen LogP contribution in [0, 0.1) is 11.7 Å². The standard InChI is InChI=1S/C15H16FN3O2S/c16-12-5-3-10(4-6-12)8-13-17-15(22-18-13)19-7-1-2-11(9-19)14(20)21/h3-6,11H,1-2,7-9H2,(H,20,21). The molecule has 1 saturated heterocycles. The van der Waals surface area contributed by atoms with Gasteiger partial charge in [-0.2, -0.15) is 4.37 Å². The van der Waals surface area contributed by atoms with Crippen LogP contribution in [-0.2, 0) is 11.2 Å². The molecule has 7 heteroatoms. The average Bonchev–Trinajstić information content (AvgIpc) is 2.98. The van der Waals surface area contributed by atoms with Gasteiger partial charge in [0.25, 0.3) is 0 Å². The number of halogens is 1. The van der Waals surface area contributed by atoms with Gasteiger partial charge in [0, 0.05) is 31.0 Å². The molecule has 2 heterocycles. The summed E-state index contributed by atoms with van der Waals surface area (Å²) in [6.45, 7) is 1.30. The summed E-state index contributed by atoms with van der Waals surface area (Å²) in [6.07, 6.45) is 2.11. The summed E-state index contributed by atoms with van der Waals surface area (Å²) in [7, 11) is 0. The van der Waals surface area contributed by atoms with E-state index in [1.165, 1.54) is 23.7 Å². The van der Waals surface area contributed by atoms with Crippen LogP contribution in [0.1, 0.15) is 24.2 Å². The van der Waals surface area contributed by atoms with Crippen molar-refractivity contribution in [3.63, 3.8) is 0 Å². The van der Waals surface area contributed by atoms with Crippen molar-refractivity contribution in [3.05, 3.63) is 41.5 Å². The summed E-state index contributed by atoms with van der Waals surface area (Å²) < 4.78 is 17.2. The number of anilines is 1. The van der Waals surface area contributed by atoms with Gasteiger partial charge in [0.2, 0.25) is 5.13 Å². The van der Waals surface area contributed by atoms with E-state index >= 15 is 0 Å². The van der Waals surface area contributed by atoms with Crippen LogP contribution in [0.15, 0.2) is 24.3 Å². The fourth-order valence-corrected chi connectivity index (χ4v) is 3.30. The third-order valence-electron chi connectivity index (χ3n) is 3.77. The molecule has 116 valence electrons. The Hall–Kier alpha value is -2.02. The number of aromatic nitrogens is 2. The van der Waals surface area contributed by atoms with Gasteiger partial charge < -0.3 is 10.0 Å². The first-order valence-corrected chi connectivity index (χ1v) is 7.94. The van der Waals surface area contributed by atoms with E-state index in [4.69, 9.17) is 5.11 Å². The van der Waals surface area contributed by atoms with Gasteiger partial charge in [0.1, 0.15) is 11.6 Å². The van der Waals surface area contributed by atoms with E-state index in [1.807, 2.05) is 4.90 Å². The fraction of sp³-hybridized carbons (Fsp3) is 0.400. The van der Waals surface area contributed by atoms with Gasteiger partial charge in [-0.1, -0.05) is 12.1 Å². The molecule has 2 aromatic rings. The molecule has 1 aliphatic rings. The number of rotatable bonds is 4. The van der Waals surface area contributed by atoms with E-state index < -0.39 is 5.97 Å². The molecule has 1 atom stereocenters. The van der Waals surface area contributed by atoms with Crippen LogP contribution in [-0.4, -0.2) is 33.5 Å². The number of hydrogen-bond donors (Lipinski definition) is 1. The number of carboxylic acid groups (broad SMARTS) is 1. The normalized spacial score (nSPS) is 18.4. The van der Waals surface area contributed by atoms with Crippen LogP contribution in [0.3, 0.4) is 0 Å². The number of benzene rings is 1. The highest BCUT2D eigenvalue weighted by molar-refractivity contribution is 7.09. The molecule has 1 aromatic carbocycles. The molecule has 1 fully saturated rings. The Balaban J connectivity index is 1.68. The second kappa shape index (κ2) is 6.39. The first-order valence-electron chi connectivity index (χ1n) is 7.16. The van der Waals surface area contributed by atoms with Crippen LogP contribution in [0.5, 0.6) is 0 Å². The molecule has 3 rings (SSSR count). The minimum atomic E-state index is -0.749. The first-order chi connectivity index (χ1) is 10.6. The van der Waals surface area contributed by atoms with Gasteiger partial charge in [0.05, 0.1) is 5.92 Å². The Kier molecular flexibility index (Phi) is 4.33. The number of nitrogens with zero attached hydrogens (tertiary/aromatic N) is 3. The number of carbonyl (C=O) groups is 1. The predicted octanol–water partition coefficient (Wildman–Crippen LogP) is 2.57. The molecule has 0 amide bonds. The molecule has 0 bridgehead atoms. The lowest BCUT2D eigenvalue weighted by atomic mass is 9.99. The minimum Gasteiger partial charge on any atom is -0.481 e. The number of carboxylic acids is 1. The zero-order valence-electron chi connectivity index (χ0n) is 11.9. The van der Waals surface area contributed by atoms with E-state index in [1.54, 1.807) is 12.1 Å². The summed E-state index contributed by atoms with van der Waals surface area (Å²) >= 11 is 1.29. The highest BCUT2D eigenvalue weighted by Gasteiger charge is 2.27. The van der Waals surface area contributed by atoms with Crippen molar-refractivity contribution in [2.75, 3.05) is 18.0 Å². The maximum atomic E-state index is 12.9. The van der Waals surface area contributed by atoms with Crippen LogP contribution in [0.25, 0.3) is 0 Å². The Morgan fingerprint density at radius 2 is 2.18 bits per heavy atom. The molecule has 1 aromatic heterocycles. The van der Waals surface area contributed by atoms with Crippen molar-refractivity contribution in [3.8, 4) is 0 Å². The Labute approximate surface area is 131 Å². The van der Waals surface area contributed by atoms with Crippen molar-refractivity contribution in [1.82, 2.24) is 9.36 Å². The lowest BCUT2D eigenvalue weighted by molar-refractivity contribution is -0.141. The highest BCUT2D eigenvalue weighted by atomic mass is 32.1. The van der Waals surface area contributed by atoms with Gasteiger partial charge in [-0.25, -0.2) is 9.37 Å². The maximum absolute atomic E-state index is 12.9. The SMILES string of the molecule is O=C(O)C1CCCN(c2nc(Cc3ccc(F)cc3)ns2)C1. The summed E-state index contributed by atoms with van der Waals surface area (Å²) in [4.78, 5) is 17.6. The van der Waals surface area contributed by atoms with Gasteiger partial charge in [-0.05, 0) is 30.5 Å². The lowest BCUT2D eigenvalue weighted by Gasteiger charge is -2.29. The summed E-state index contributed by atoms with van der Waals surface area (Å²) in [5.74, 6) is -0.660. The number of hydrogen-bond acceptors (Lipinski definition) is 5. The molecule has 0 aliphatic carbocycles. The molecule has 0 spiro atoms. The third-order valence-corrected chi connectivity index (χ3v) is 4.59. The van der Waals surface area contributed by atoms with Crippen LogP contribution in [0.4, 0.5) is 9.52 Å². The molecular weight excluding hydrogens is 305 g/mol. The summed E-state index contributed by atoms with van der Waals surface area (Å²) in [5, 5.41) is 9.90. The second-order valence-electron chi connectivity index (χ2n) is 5.42. The number of aliphatic carboxylic acids is 1. The Morgan fingerprint density at radius 3 is 2.91 bits per heavy atom. The Bertz CT molecular complexity index is 659. The third kappa shape index (κ3) is 3.41. The van der Waals surface area contributed by atoms with Crippen molar-refractivity contribution in [2.24, 2.45) is 5.92 Å². The van der Waals surface area contributed by atoms with E-state index in [0.717, 1.165) is 23.7 Å². The minimum absolute atomic E-state index is 0.260. The van der Waals surface area contributed by atoms with Gasteiger partial charge >= 0.3 is 5.97 Å². The first kappa shape index (κ1) is 14.9. The van der Waals surface area contributed by atoms with Crippen molar-refractivity contribution in [1.29, 1.82) is 0 Å². The predicted molar refractivity (Wildman–Crippen MR) is 81.7 cm³/mol. The largest absolute Gasteiger partial charge is 0.481 e. The van der Waals surface area contributed by atoms with Crippen LogP contribution < -0.4 is 4.90 Å². The maximum Gasteiger partial charge on any atom is 0.308 e. The zero-order valence-corrected chi connectivity index (χ0v) is 12.7. The molecule has 1 aliphatic heterocycles. The lowest BCUT2D eigenvalue weighted by Crippen LogP contribution is -2.38. The topological polar surface area (TPSA) is 66.3 Å². The second-order valence-corrected chi connectivity index (χ2v) is 6.15. The van der Waals surface area contributed by atoms with Crippen molar-refractivity contribution >= 4 is 22.6 Å². The van der Waals surface area contributed by atoms with E-state index in [0.29, 0.717) is 25.2 Å².